The Morgan fingerprint density at radius 3 is 2.69 bits per heavy atom. The number of furan rings is 1. The lowest BCUT2D eigenvalue weighted by molar-refractivity contribution is 0.461. The maximum atomic E-state index is 11.4. The molecular weight excluding hydrogens is 226 g/mol. The molecule has 0 amide bonds. The summed E-state index contributed by atoms with van der Waals surface area (Å²) >= 11 is 0. The Labute approximate surface area is 97.0 Å². The van der Waals surface area contributed by atoms with E-state index in [1.807, 2.05) is 19.9 Å². The van der Waals surface area contributed by atoms with E-state index in [9.17, 15) is 8.42 Å². The third-order valence-corrected chi connectivity index (χ3v) is 4.41. The fraction of sp³-hybridized carbons (Fsp3) is 0.636. The van der Waals surface area contributed by atoms with Crippen LogP contribution in [0, 0.1) is 6.92 Å². The average Bonchev–Trinajstić information content (AvgIpc) is 2.60. The first kappa shape index (κ1) is 13.3. The van der Waals surface area contributed by atoms with Crippen LogP contribution in [-0.4, -0.2) is 26.0 Å². The van der Waals surface area contributed by atoms with Crippen molar-refractivity contribution in [2.75, 3.05) is 11.5 Å². The molecule has 0 bridgehead atoms. The summed E-state index contributed by atoms with van der Waals surface area (Å²) in [4.78, 5) is 0. The van der Waals surface area contributed by atoms with Gasteiger partial charge >= 0.3 is 0 Å². The molecule has 5 heteroatoms. The maximum absolute atomic E-state index is 11.4. The quantitative estimate of drug-likeness (QED) is 0.825. The zero-order valence-electron chi connectivity index (χ0n) is 9.99. The summed E-state index contributed by atoms with van der Waals surface area (Å²) in [5, 5.41) is 3.14. The third-order valence-electron chi connectivity index (χ3n) is 2.52. The molecule has 1 atom stereocenters. The van der Waals surface area contributed by atoms with E-state index in [2.05, 4.69) is 5.32 Å². The molecule has 4 nitrogen and oxygen atoms in total. The SMILES string of the molecule is CCS(=O)(=O)CC(C)NCc1occc1C. The second-order valence-electron chi connectivity index (χ2n) is 4.01. The van der Waals surface area contributed by atoms with Crippen molar-refractivity contribution in [3.63, 3.8) is 0 Å². The molecule has 0 saturated heterocycles. The van der Waals surface area contributed by atoms with Gasteiger partial charge in [0.2, 0.25) is 0 Å². The van der Waals surface area contributed by atoms with Crippen LogP contribution in [0.5, 0.6) is 0 Å². The lowest BCUT2D eigenvalue weighted by Gasteiger charge is -2.12. The molecule has 0 fully saturated rings. The number of hydrogen-bond acceptors (Lipinski definition) is 4. The van der Waals surface area contributed by atoms with E-state index in [-0.39, 0.29) is 17.5 Å². The van der Waals surface area contributed by atoms with Gasteiger partial charge in [0, 0.05) is 11.8 Å². The largest absolute Gasteiger partial charge is 0.468 e. The van der Waals surface area contributed by atoms with E-state index in [1.54, 1.807) is 13.2 Å². The lowest BCUT2D eigenvalue weighted by atomic mass is 10.2. The third kappa shape index (κ3) is 3.98. The van der Waals surface area contributed by atoms with Gasteiger partial charge in [-0.2, -0.15) is 0 Å². The molecule has 0 saturated carbocycles. The number of hydrogen-bond donors (Lipinski definition) is 1. The Balaban J connectivity index is 2.42. The number of rotatable bonds is 6. The Morgan fingerprint density at radius 1 is 1.50 bits per heavy atom. The molecular formula is C11H19NO3S. The summed E-state index contributed by atoms with van der Waals surface area (Å²) < 4.78 is 28.0. The van der Waals surface area contributed by atoms with E-state index >= 15 is 0 Å². The Hall–Kier alpha value is -0.810. The van der Waals surface area contributed by atoms with Crippen LogP contribution in [0.3, 0.4) is 0 Å². The van der Waals surface area contributed by atoms with Crippen molar-refractivity contribution < 1.29 is 12.8 Å². The first-order valence-corrected chi connectivity index (χ1v) is 7.23. The summed E-state index contributed by atoms with van der Waals surface area (Å²) in [6, 6.07) is 1.83. The molecule has 0 aliphatic carbocycles. The summed E-state index contributed by atoms with van der Waals surface area (Å²) in [5.41, 5.74) is 1.08. The topological polar surface area (TPSA) is 59.3 Å². The van der Waals surface area contributed by atoms with Crippen LogP contribution in [-0.2, 0) is 16.4 Å². The van der Waals surface area contributed by atoms with Crippen LogP contribution >= 0.6 is 0 Å². The molecule has 16 heavy (non-hydrogen) atoms. The van der Waals surface area contributed by atoms with Crippen molar-refractivity contribution in [3.8, 4) is 0 Å². The molecule has 1 aromatic rings. The van der Waals surface area contributed by atoms with E-state index in [1.165, 1.54) is 0 Å². The second kappa shape index (κ2) is 5.50. The minimum absolute atomic E-state index is 0.0607. The standard InChI is InChI=1S/C11H19NO3S/c1-4-16(13,14)8-10(3)12-7-11-9(2)5-6-15-11/h5-6,10,12H,4,7-8H2,1-3H3. The Bertz CT molecular complexity index is 422. The molecule has 1 rings (SSSR count). The second-order valence-corrected chi connectivity index (χ2v) is 6.41. The van der Waals surface area contributed by atoms with Crippen LogP contribution < -0.4 is 5.32 Å². The Kier molecular flexibility index (Phi) is 4.56. The van der Waals surface area contributed by atoms with Gasteiger partial charge in [-0.05, 0) is 25.5 Å². The lowest BCUT2D eigenvalue weighted by Crippen LogP contribution is -2.33. The van der Waals surface area contributed by atoms with Crippen molar-refractivity contribution in [1.29, 1.82) is 0 Å². The van der Waals surface area contributed by atoms with Gasteiger partial charge in [0.1, 0.15) is 5.76 Å². The van der Waals surface area contributed by atoms with E-state index < -0.39 is 9.84 Å². The van der Waals surface area contributed by atoms with Crippen molar-refractivity contribution in [3.05, 3.63) is 23.7 Å². The minimum Gasteiger partial charge on any atom is -0.468 e. The predicted octanol–water partition coefficient (Wildman–Crippen LogP) is 1.50. The molecule has 0 aliphatic heterocycles. The number of nitrogens with one attached hydrogen (secondary N) is 1. The van der Waals surface area contributed by atoms with Crippen LogP contribution in [0.25, 0.3) is 0 Å². The summed E-state index contributed by atoms with van der Waals surface area (Å²) in [5.74, 6) is 1.22. The van der Waals surface area contributed by atoms with Crippen molar-refractivity contribution in [2.45, 2.75) is 33.4 Å². The molecule has 1 N–H and O–H groups in total. The van der Waals surface area contributed by atoms with Gasteiger partial charge in [0.15, 0.2) is 9.84 Å². The molecule has 1 heterocycles. The molecule has 0 aromatic carbocycles. The first-order valence-electron chi connectivity index (χ1n) is 5.41. The first-order chi connectivity index (χ1) is 7.44. The van der Waals surface area contributed by atoms with Crippen molar-refractivity contribution in [1.82, 2.24) is 5.32 Å². The van der Waals surface area contributed by atoms with Crippen LogP contribution in [0.15, 0.2) is 16.7 Å². The molecule has 0 spiro atoms. The summed E-state index contributed by atoms with van der Waals surface area (Å²) in [6.45, 7) is 6.07. The highest BCUT2D eigenvalue weighted by Crippen LogP contribution is 2.08. The highest BCUT2D eigenvalue weighted by atomic mass is 32.2. The number of sulfone groups is 1. The Morgan fingerprint density at radius 2 is 2.19 bits per heavy atom. The fourth-order valence-corrected chi connectivity index (χ4v) is 2.53. The normalized spacial score (nSPS) is 13.9. The van der Waals surface area contributed by atoms with E-state index in [0.29, 0.717) is 6.54 Å². The molecule has 0 aliphatic rings. The van der Waals surface area contributed by atoms with Gasteiger partial charge in [0.05, 0.1) is 18.6 Å². The predicted molar refractivity (Wildman–Crippen MR) is 64.1 cm³/mol. The zero-order chi connectivity index (χ0) is 12.2. The number of aryl methyl sites for hydroxylation is 1. The van der Waals surface area contributed by atoms with Crippen LogP contribution in [0.2, 0.25) is 0 Å². The molecule has 1 aromatic heterocycles. The highest BCUT2D eigenvalue weighted by molar-refractivity contribution is 7.91. The summed E-state index contributed by atoms with van der Waals surface area (Å²) in [7, 11) is -2.91. The zero-order valence-corrected chi connectivity index (χ0v) is 10.8. The monoisotopic (exact) mass is 245 g/mol. The van der Waals surface area contributed by atoms with Crippen molar-refractivity contribution >= 4 is 9.84 Å². The van der Waals surface area contributed by atoms with Gasteiger partial charge in [-0.15, -0.1) is 0 Å². The molecule has 0 radical (unpaired) electrons. The van der Waals surface area contributed by atoms with Gasteiger partial charge in [-0.1, -0.05) is 6.92 Å². The van der Waals surface area contributed by atoms with E-state index in [0.717, 1.165) is 11.3 Å². The van der Waals surface area contributed by atoms with Crippen molar-refractivity contribution in [2.24, 2.45) is 0 Å². The van der Waals surface area contributed by atoms with Gasteiger partial charge < -0.3 is 9.73 Å². The minimum atomic E-state index is -2.91. The fourth-order valence-electron chi connectivity index (χ4n) is 1.41. The van der Waals surface area contributed by atoms with Crippen LogP contribution in [0.4, 0.5) is 0 Å². The average molecular weight is 245 g/mol. The maximum Gasteiger partial charge on any atom is 0.151 e. The highest BCUT2D eigenvalue weighted by Gasteiger charge is 2.13. The van der Waals surface area contributed by atoms with Gasteiger partial charge in [-0.3, -0.25) is 0 Å². The molecule has 92 valence electrons. The van der Waals surface area contributed by atoms with Gasteiger partial charge in [-0.25, -0.2) is 8.42 Å². The van der Waals surface area contributed by atoms with Gasteiger partial charge in [0.25, 0.3) is 0 Å². The smallest absolute Gasteiger partial charge is 0.151 e. The van der Waals surface area contributed by atoms with E-state index in [4.69, 9.17) is 4.42 Å². The van der Waals surface area contributed by atoms with Crippen LogP contribution in [0.1, 0.15) is 25.2 Å². The molecule has 1 unspecified atom stereocenters. The summed E-state index contributed by atoms with van der Waals surface area (Å²) in [6.07, 6.45) is 1.64.